The average Bonchev–Trinajstić information content (AvgIpc) is 2.89. The van der Waals surface area contributed by atoms with Crippen LogP contribution in [0.5, 0.6) is 5.75 Å². The van der Waals surface area contributed by atoms with Crippen LogP contribution < -0.4 is 10.1 Å². The van der Waals surface area contributed by atoms with E-state index in [-0.39, 0.29) is 12.5 Å². The third kappa shape index (κ3) is 2.57. The SMILES string of the molecule is COc1cnccc1C(=O)NCc1ncn[nH]1. The molecule has 0 spiro atoms. The van der Waals surface area contributed by atoms with Crippen LogP contribution in [0.3, 0.4) is 0 Å². The summed E-state index contributed by atoms with van der Waals surface area (Å²) in [6.45, 7) is 0.282. The number of aromatic nitrogens is 4. The minimum atomic E-state index is -0.249. The normalized spacial score (nSPS) is 9.94. The predicted molar refractivity (Wildman–Crippen MR) is 58.3 cm³/mol. The molecule has 0 bridgehead atoms. The Kier molecular flexibility index (Phi) is 3.29. The number of rotatable bonds is 4. The van der Waals surface area contributed by atoms with Crippen molar-refractivity contribution in [2.75, 3.05) is 7.11 Å². The molecule has 2 heterocycles. The Hall–Kier alpha value is -2.44. The minimum absolute atomic E-state index is 0.249. The summed E-state index contributed by atoms with van der Waals surface area (Å²) in [5, 5.41) is 9.03. The molecule has 7 nitrogen and oxygen atoms in total. The van der Waals surface area contributed by atoms with Crippen LogP contribution in [-0.2, 0) is 6.54 Å². The van der Waals surface area contributed by atoms with Crippen molar-refractivity contribution >= 4 is 5.91 Å². The highest BCUT2D eigenvalue weighted by Crippen LogP contribution is 2.15. The van der Waals surface area contributed by atoms with Crippen LogP contribution >= 0.6 is 0 Å². The van der Waals surface area contributed by atoms with Crippen LogP contribution in [0.1, 0.15) is 16.2 Å². The Morgan fingerprint density at radius 2 is 2.47 bits per heavy atom. The molecule has 88 valence electrons. The summed E-state index contributed by atoms with van der Waals surface area (Å²) in [5.74, 6) is 0.773. The lowest BCUT2D eigenvalue weighted by Crippen LogP contribution is -2.24. The van der Waals surface area contributed by atoms with Gasteiger partial charge in [-0.15, -0.1) is 0 Å². The van der Waals surface area contributed by atoms with E-state index in [2.05, 4.69) is 25.5 Å². The predicted octanol–water partition coefficient (Wildman–Crippen LogP) is 0.138. The number of hydrogen-bond donors (Lipinski definition) is 2. The van der Waals surface area contributed by atoms with Gasteiger partial charge in [-0.2, -0.15) is 5.10 Å². The van der Waals surface area contributed by atoms with Crippen LogP contribution in [0.2, 0.25) is 0 Å². The first-order valence-electron chi connectivity index (χ1n) is 4.91. The highest BCUT2D eigenvalue weighted by molar-refractivity contribution is 5.96. The van der Waals surface area contributed by atoms with Gasteiger partial charge in [-0.1, -0.05) is 0 Å². The molecule has 1 amide bonds. The van der Waals surface area contributed by atoms with Crippen LogP contribution in [0, 0.1) is 0 Å². The number of pyridine rings is 1. The van der Waals surface area contributed by atoms with Crippen molar-refractivity contribution in [2.45, 2.75) is 6.54 Å². The molecular formula is C10H11N5O2. The molecule has 2 N–H and O–H groups in total. The van der Waals surface area contributed by atoms with Gasteiger partial charge in [0.2, 0.25) is 0 Å². The monoisotopic (exact) mass is 233 g/mol. The molecule has 2 aromatic rings. The molecule has 0 aromatic carbocycles. The molecule has 7 heteroatoms. The number of nitrogens with one attached hydrogen (secondary N) is 2. The maximum atomic E-state index is 11.8. The molecule has 0 fully saturated rings. The van der Waals surface area contributed by atoms with Gasteiger partial charge in [-0.3, -0.25) is 14.9 Å². The number of hydrogen-bond acceptors (Lipinski definition) is 5. The fraction of sp³-hybridized carbons (Fsp3) is 0.200. The Morgan fingerprint density at radius 1 is 1.59 bits per heavy atom. The summed E-state index contributed by atoms with van der Waals surface area (Å²) >= 11 is 0. The van der Waals surface area contributed by atoms with Gasteiger partial charge in [-0.25, -0.2) is 4.98 Å². The molecular weight excluding hydrogens is 222 g/mol. The van der Waals surface area contributed by atoms with Gasteiger partial charge < -0.3 is 10.1 Å². The lowest BCUT2D eigenvalue weighted by molar-refractivity contribution is 0.0946. The topological polar surface area (TPSA) is 92.8 Å². The molecule has 0 aliphatic rings. The van der Waals surface area contributed by atoms with Gasteiger partial charge >= 0.3 is 0 Å². The van der Waals surface area contributed by atoms with Gasteiger partial charge in [0.1, 0.15) is 17.9 Å². The van der Waals surface area contributed by atoms with Gasteiger partial charge in [-0.05, 0) is 6.07 Å². The van der Waals surface area contributed by atoms with E-state index in [9.17, 15) is 4.79 Å². The van der Waals surface area contributed by atoms with E-state index < -0.39 is 0 Å². The highest BCUT2D eigenvalue weighted by atomic mass is 16.5. The standard InChI is InChI=1S/C10H11N5O2/c1-17-8-4-11-3-2-7(8)10(16)12-5-9-13-6-14-15-9/h2-4,6H,5H2,1H3,(H,12,16)(H,13,14,15). The van der Waals surface area contributed by atoms with Crippen LogP contribution in [-0.4, -0.2) is 33.2 Å². The zero-order valence-corrected chi connectivity index (χ0v) is 9.17. The lowest BCUT2D eigenvalue weighted by Gasteiger charge is -2.07. The number of H-pyrrole nitrogens is 1. The third-order valence-electron chi connectivity index (χ3n) is 2.13. The number of aromatic amines is 1. The fourth-order valence-electron chi connectivity index (χ4n) is 1.31. The average molecular weight is 233 g/mol. The fourth-order valence-corrected chi connectivity index (χ4v) is 1.31. The Morgan fingerprint density at radius 3 is 3.18 bits per heavy atom. The zero-order valence-electron chi connectivity index (χ0n) is 9.17. The molecule has 0 aliphatic carbocycles. The number of methoxy groups -OCH3 is 1. The van der Waals surface area contributed by atoms with E-state index in [1.54, 1.807) is 6.07 Å². The molecule has 0 radical (unpaired) electrons. The second-order valence-corrected chi connectivity index (χ2v) is 3.19. The summed E-state index contributed by atoms with van der Waals surface area (Å²) < 4.78 is 5.04. The van der Waals surface area contributed by atoms with Crippen molar-refractivity contribution in [2.24, 2.45) is 0 Å². The van der Waals surface area contributed by atoms with E-state index in [1.807, 2.05) is 0 Å². The first kappa shape index (κ1) is 11.1. The summed E-state index contributed by atoms with van der Waals surface area (Å²) in [6, 6.07) is 1.59. The molecule has 2 rings (SSSR count). The maximum Gasteiger partial charge on any atom is 0.255 e. The van der Waals surface area contributed by atoms with E-state index in [4.69, 9.17) is 4.74 Å². The highest BCUT2D eigenvalue weighted by Gasteiger charge is 2.11. The molecule has 0 unspecified atom stereocenters. The van der Waals surface area contributed by atoms with E-state index in [0.717, 1.165) is 0 Å². The molecule has 0 saturated heterocycles. The summed E-state index contributed by atoms with van der Waals surface area (Å²) in [4.78, 5) is 19.6. The molecule has 0 aliphatic heterocycles. The minimum Gasteiger partial charge on any atom is -0.494 e. The molecule has 0 saturated carbocycles. The number of amides is 1. The molecule has 17 heavy (non-hydrogen) atoms. The number of carbonyl (C=O) groups is 1. The van der Waals surface area contributed by atoms with Crippen LogP contribution in [0.15, 0.2) is 24.8 Å². The van der Waals surface area contributed by atoms with Gasteiger partial charge in [0.05, 0.1) is 25.4 Å². The summed E-state index contributed by atoms with van der Waals surface area (Å²) in [7, 11) is 1.49. The first-order chi connectivity index (χ1) is 8.31. The lowest BCUT2D eigenvalue weighted by atomic mass is 10.2. The number of carbonyl (C=O) groups excluding carboxylic acids is 1. The van der Waals surface area contributed by atoms with Crippen molar-refractivity contribution < 1.29 is 9.53 Å². The first-order valence-corrected chi connectivity index (χ1v) is 4.91. The summed E-state index contributed by atoms with van der Waals surface area (Å²) in [5.41, 5.74) is 0.432. The van der Waals surface area contributed by atoms with Gasteiger partial charge in [0.15, 0.2) is 0 Å². The van der Waals surface area contributed by atoms with Crippen molar-refractivity contribution in [1.82, 2.24) is 25.5 Å². The number of nitrogens with zero attached hydrogens (tertiary/aromatic N) is 3. The maximum absolute atomic E-state index is 11.8. The van der Waals surface area contributed by atoms with E-state index in [0.29, 0.717) is 17.1 Å². The van der Waals surface area contributed by atoms with E-state index >= 15 is 0 Å². The smallest absolute Gasteiger partial charge is 0.255 e. The van der Waals surface area contributed by atoms with Crippen LogP contribution in [0.25, 0.3) is 0 Å². The molecule has 2 aromatic heterocycles. The van der Waals surface area contributed by atoms with Crippen molar-refractivity contribution in [3.63, 3.8) is 0 Å². The Bertz CT molecular complexity index is 497. The number of ether oxygens (including phenoxy) is 1. The Labute approximate surface area is 97.2 Å². The van der Waals surface area contributed by atoms with Crippen molar-refractivity contribution in [1.29, 1.82) is 0 Å². The van der Waals surface area contributed by atoms with E-state index in [1.165, 1.54) is 25.8 Å². The van der Waals surface area contributed by atoms with Gasteiger partial charge in [0.25, 0.3) is 5.91 Å². The van der Waals surface area contributed by atoms with Crippen molar-refractivity contribution in [3.05, 3.63) is 36.2 Å². The van der Waals surface area contributed by atoms with Crippen LogP contribution in [0.4, 0.5) is 0 Å². The molecule has 0 atom stereocenters. The summed E-state index contributed by atoms with van der Waals surface area (Å²) in [6.07, 6.45) is 4.41. The second kappa shape index (κ2) is 5.06. The largest absolute Gasteiger partial charge is 0.494 e. The zero-order chi connectivity index (χ0) is 12.1. The quantitative estimate of drug-likeness (QED) is 0.783. The second-order valence-electron chi connectivity index (χ2n) is 3.19. The Balaban J connectivity index is 2.04. The van der Waals surface area contributed by atoms with Gasteiger partial charge in [0, 0.05) is 6.20 Å². The third-order valence-corrected chi connectivity index (χ3v) is 2.13. The van der Waals surface area contributed by atoms with Crippen molar-refractivity contribution in [3.8, 4) is 5.75 Å².